The molecule has 1 N–H and O–H groups in total. The van der Waals surface area contributed by atoms with E-state index in [0.29, 0.717) is 28.8 Å². The average molecular weight is 543 g/mol. The molecule has 1 aliphatic heterocycles. The van der Waals surface area contributed by atoms with Crippen molar-refractivity contribution >= 4 is 29.6 Å². The second-order valence-corrected chi connectivity index (χ2v) is 10.5. The molecule has 1 spiro atoms. The number of hydrazone groups is 1. The molecule has 2 aliphatic rings. The number of rotatable bonds is 6. The lowest BCUT2D eigenvalue weighted by Crippen LogP contribution is -2.66. The molecule has 3 aromatic rings. The first-order valence-electron chi connectivity index (χ1n) is 13.3. The van der Waals surface area contributed by atoms with E-state index in [0.717, 1.165) is 0 Å². The summed E-state index contributed by atoms with van der Waals surface area (Å²) in [6.45, 7) is 4.85. The van der Waals surface area contributed by atoms with Crippen LogP contribution in [0.5, 0.6) is 0 Å². The molecule has 5 rings (SSSR count). The smallest absolute Gasteiger partial charge is 0.312 e. The monoisotopic (exact) mass is 542 g/mol. The van der Waals surface area contributed by atoms with E-state index in [9.17, 15) is 23.9 Å². The van der Waals surface area contributed by atoms with E-state index in [2.05, 4.69) is 0 Å². The first-order valence-corrected chi connectivity index (χ1v) is 13.3. The van der Waals surface area contributed by atoms with Gasteiger partial charge < -0.3 is 14.6 Å². The molecule has 8 heteroatoms. The molecule has 0 bridgehead atoms. The molecule has 1 heterocycles. The number of anilines is 1. The Bertz CT molecular complexity index is 1440. The molecule has 0 saturated heterocycles. The van der Waals surface area contributed by atoms with Gasteiger partial charge in [0.2, 0.25) is 0 Å². The Kier molecular flexibility index (Phi) is 7.14. The van der Waals surface area contributed by atoms with Crippen LogP contribution in [-0.4, -0.2) is 41.2 Å². The molecule has 7 nitrogen and oxygen atoms in total. The van der Waals surface area contributed by atoms with E-state index in [1.165, 1.54) is 36.2 Å². The average Bonchev–Trinajstić information content (AvgIpc) is 3.21. The molecule has 40 heavy (non-hydrogen) atoms. The number of hydrogen-bond donors (Lipinski definition) is 1. The summed E-state index contributed by atoms with van der Waals surface area (Å²) in [5, 5.41) is 18.2. The van der Waals surface area contributed by atoms with Crippen LogP contribution in [0.25, 0.3) is 0 Å². The second-order valence-electron chi connectivity index (χ2n) is 10.5. The molecular formula is C32H31FN2O5. The standard InChI is InChI=1S/C32H31FN2O5/c1-4-40-29(37)28-27(21-11-7-5-8-12-21)32(20(2)34-35(30(32)38)24-13-9-6-10-14-24)26(25(19-36)31(28,3)39)22-15-17-23(33)18-16-22/h5-19,25-28,39H,4H2,1-3H3/t25-,26-,27+,28-,31-,32-/m1/s1. The van der Waals surface area contributed by atoms with E-state index in [-0.39, 0.29) is 6.61 Å². The third-order valence-electron chi connectivity index (χ3n) is 8.45. The predicted octanol–water partition coefficient (Wildman–Crippen LogP) is 4.86. The number of hydrogen-bond acceptors (Lipinski definition) is 6. The molecule has 0 radical (unpaired) electrons. The summed E-state index contributed by atoms with van der Waals surface area (Å²) >= 11 is 0. The Balaban J connectivity index is 1.88. The number of benzene rings is 3. The van der Waals surface area contributed by atoms with Gasteiger partial charge in [0.25, 0.3) is 5.91 Å². The number of halogens is 1. The zero-order chi connectivity index (χ0) is 28.7. The summed E-state index contributed by atoms with van der Waals surface area (Å²) in [5.74, 6) is -6.15. The lowest BCUT2D eigenvalue weighted by Gasteiger charge is -2.57. The van der Waals surface area contributed by atoms with E-state index in [1.54, 1.807) is 62.4 Å². The summed E-state index contributed by atoms with van der Waals surface area (Å²) in [6, 6.07) is 23.4. The van der Waals surface area contributed by atoms with Gasteiger partial charge in [-0.3, -0.25) is 9.59 Å². The zero-order valence-corrected chi connectivity index (χ0v) is 22.5. The number of para-hydroxylation sites is 1. The minimum atomic E-state index is -1.93. The van der Waals surface area contributed by atoms with Crippen molar-refractivity contribution in [2.45, 2.75) is 38.2 Å². The van der Waals surface area contributed by atoms with Crippen molar-refractivity contribution in [2.75, 3.05) is 11.6 Å². The molecule has 1 saturated carbocycles. The minimum Gasteiger partial charge on any atom is -0.466 e. The van der Waals surface area contributed by atoms with Gasteiger partial charge >= 0.3 is 5.97 Å². The summed E-state index contributed by atoms with van der Waals surface area (Å²) < 4.78 is 19.6. The van der Waals surface area contributed by atoms with Gasteiger partial charge in [-0.2, -0.15) is 10.1 Å². The summed E-state index contributed by atoms with van der Waals surface area (Å²) in [4.78, 5) is 41.6. The first kappa shape index (κ1) is 27.4. The van der Waals surface area contributed by atoms with E-state index >= 15 is 0 Å². The Morgan fingerprint density at radius 1 is 1.00 bits per heavy atom. The summed E-state index contributed by atoms with van der Waals surface area (Å²) in [7, 11) is 0. The topological polar surface area (TPSA) is 96.3 Å². The normalized spacial score (nSPS) is 29.8. The maximum Gasteiger partial charge on any atom is 0.312 e. The Hall–Kier alpha value is -4.17. The SMILES string of the molecule is CCOC(=O)[C@H]1[C@H](c2ccccc2)[C@]2(C(=O)N(c3ccccc3)N=C2C)[C@H](c2ccc(F)cc2)[C@@H](C=O)[C@@]1(C)O. The van der Waals surface area contributed by atoms with Crippen LogP contribution in [0.15, 0.2) is 90.0 Å². The predicted molar refractivity (Wildman–Crippen MR) is 148 cm³/mol. The molecule has 6 atom stereocenters. The van der Waals surface area contributed by atoms with Crippen LogP contribution >= 0.6 is 0 Å². The van der Waals surface area contributed by atoms with Crippen LogP contribution in [0.3, 0.4) is 0 Å². The summed E-state index contributed by atoms with van der Waals surface area (Å²) in [6.07, 6.45) is 0.592. The number of nitrogens with zero attached hydrogens (tertiary/aromatic N) is 2. The van der Waals surface area contributed by atoms with Crippen LogP contribution < -0.4 is 5.01 Å². The van der Waals surface area contributed by atoms with Gasteiger partial charge in [0.05, 0.1) is 35.4 Å². The minimum absolute atomic E-state index is 0.0459. The quantitative estimate of drug-likeness (QED) is 0.355. The van der Waals surface area contributed by atoms with Crippen molar-refractivity contribution in [3.05, 3.63) is 102 Å². The molecule has 3 aromatic carbocycles. The fourth-order valence-corrected chi connectivity index (χ4v) is 6.77. The van der Waals surface area contributed by atoms with Crippen molar-refractivity contribution in [3.63, 3.8) is 0 Å². The van der Waals surface area contributed by atoms with Gasteiger partial charge in [0.15, 0.2) is 0 Å². The highest BCUT2D eigenvalue weighted by Crippen LogP contribution is 2.65. The van der Waals surface area contributed by atoms with E-state index < -0.39 is 52.4 Å². The van der Waals surface area contributed by atoms with E-state index in [1.807, 2.05) is 12.1 Å². The van der Waals surface area contributed by atoms with Crippen molar-refractivity contribution in [2.24, 2.45) is 22.4 Å². The highest BCUT2D eigenvalue weighted by molar-refractivity contribution is 6.21. The number of aldehydes is 1. The van der Waals surface area contributed by atoms with Gasteiger partial charge in [-0.05, 0) is 56.2 Å². The zero-order valence-electron chi connectivity index (χ0n) is 22.5. The Morgan fingerprint density at radius 3 is 2.15 bits per heavy atom. The number of ether oxygens (including phenoxy) is 1. The molecule has 0 aromatic heterocycles. The number of aliphatic hydroxyl groups is 1. The van der Waals surface area contributed by atoms with Gasteiger partial charge in [0.1, 0.15) is 17.5 Å². The largest absolute Gasteiger partial charge is 0.466 e. The number of esters is 1. The molecule has 1 fully saturated rings. The number of carbonyl (C=O) groups is 3. The number of amides is 1. The van der Waals surface area contributed by atoms with Crippen LogP contribution in [0.1, 0.15) is 43.7 Å². The molecule has 0 unspecified atom stereocenters. The third kappa shape index (κ3) is 4.05. The van der Waals surface area contributed by atoms with Crippen LogP contribution in [0, 0.1) is 23.1 Å². The van der Waals surface area contributed by atoms with Crippen LogP contribution in [0.4, 0.5) is 10.1 Å². The van der Waals surface area contributed by atoms with E-state index in [4.69, 9.17) is 9.84 Å². The lowest BCUT2D eigenvalue weighted by molar-refractivity contribution is -0.179. The van der Waals surface area contributed by atoms with Gasteiger partial charge in [-0.15, -0.1) is 0 Å². The lowest BCUT2D eigenvalue weighted by atomic mass is 9.44. The van der Waals surface area contributed by atoms with Crippen LogP contribution in [0.2, 0.25) is 0 Å². The molecular weight excluding hydrogens is 511 g/mol. The Morgan fingerprint density at radius 2 is 1.57 bits per heavy atom. The third-order valence-corrected chi connectivity index (χ3v) is 8.45. The molecule has 1 aliphatic carbocycles. The van der Waals surface area contributed by atoms with Gasteiger partial charge in [0, 0.05) is 11.8 Å². The molecule has 1 amide bonds. The first-order chi connectivity index (χ1) is 19.2. The maximum atomic E-state index is 14.9. The van der Waals surface area contributed by atoms with Crippen molar-refractivity contribution in [1.82, 2.24) is 0 Å². The fourth-order valence-electron chi connectivity index (χ4n) is 6.77. The second kappa shape index (κ2) is 10.4. The van der Waals surface area contributed by atoms with Crippen molar-refractivity contribution in [3.8, 4) is 0 Å². The van der Waals surface area contributed by atoms with Crippen LogP contribution in [-0.2, 0) is 19.1 Å². The molecule has 206 valence electrons. The Labute approximate surface area is 232 Å². The maximum absolute atomic E-state index is 14.9. The highest BCUT2D eigenvalue weighted by Gasteiger charge is 2.72. The number of carbonyl (C=O) groups excluding carboxylic acids is 3. The summed E-state index contributed by atoms with van der Waals surface area (Å²) in [5.41, 5.74) is -1.56. The fraction of sp³-hybridized carbons (Fsp3) is 0.312. The van der Waals surface area contributed by atoms with Gasteiger partial charge in [-0.25, -0.2) is 4.39 Å². The van der Waals surface area contributed by atoms with Crippen molar-refractivity contribution < 1.29 is 28.6 Å². The van der Waals surface area contributed by atoms with Crippen molar-refractivity contribution in [1.29, 1.82) is 0 Å². The van der Waals surface area contributed by atoms with Gasteiger partial charge in [-0.1, -0.05) is 60.7 Å². The highest BCUT2D eigenvalue weighted by atomic mass is 19.1.